The summed E-state index contributed by atoms with van der Waals surface area (Å²) >= 11 is 0. The Kier molecular flexibility index (Phi) is 2.41. The molecular weight excluding hydrogens is 132 g/mol. The lowest BCUT2D eigenvalue weighted by Gasteiger charge is -2.47. The van der Waals surface area contributed by atoms with E-state index in [9.17, 15) is 0 Å². The van der Waals surface area contributed by atoms with Crippen LogP contribution < -0.4 is 0 Å². The van der Waals surface area contributed by atoms with E-state index in [2.05, 4.69) is 33.8 Å². The summed E-state index contributed by atoms with van der Waals surface area (Å²) in [5.41, 5.74) is 2.21. The fourth-order valence-electron chi connectivity index (χ4n) is 2.16. The lowest BCUT2D eigenvalue weighted by atomic mass is 9.57. The highest BCUT2D eigenvalue weighted by molar-refractivity contribution is 5.23. The minimum Gasteiger partial charge on any atom is -0.0850 e. The van der Waals surface area contributed by atoms with Gasteiger partial charge in [-0.1, -0.05) is 45.8 Å². The Hall–Kier alpha value is -0.260. The summed E-state index contributed by atoms with van der Waals surface area (Å²) in [5.74, 6) is 0.945. The zero-order valence-electron chi connectivity index (χ0n) is 8.28. The topological polar surface area (TPSA) is 0 Å². The Morgan fingerprint density at radius 2 is 2.09 bits per heavy atom. The summed E-state index contributed by atoms with van der Waals surface area (Å²) < 4.78 is 0. The summed E-state index contributed by atoms with van der Waals surface area (Å²) in [6.07, 6.45) is 6.31. The molecule has 0 nitrogen and oxygen atoms in total. The van der Waals surface area contributed by atoms with Gasteiger partial charge in [-0.15, -0.1) is 0 Å². The SMILES string of the molecule is CC/C=C1\CC(CC)C1(C)C. The number of allylic oxidation sites excluding steroid dienone is 2. The first kappa shape index (κ1) is 8.83. The van der Waals surface area contributed by atoms with E-state index in [4.69, 9.17) is 0 Å². The van der Waals surface area contributed by atoms with Crippen LogP contribution in [0.1, 0.15) is 47.0 Å². The van der Waals surface area contributed by atoms with E-state index in [0.717, 1.165) is 5.92 Å². The molecule has 0 spiro atoms. The second-order valence-corrected chi connectivity index (χ2v) is 4.17. The third kappa shape index (κ3) is 1.36. The largest absolute Gasteiger partial charge is 0.0850 e. The van der Waals surface area contributed by atoms with Crippen LogP contribution in [0.15, 0.2) is 11.6 Å². The Balaban J connectivity index is 2.61. The monoisotopic (exact) mass is 152 g/mol. The van der Waals surface area contributed by atoms with E-state index in [1.54, 1.807) is 5.57 Å². The lowest BCUT2D eigenvalue weighted by molar-refractivity contribution is 0.160. The average Bonchev–Trinajstić information content (AvgIpc) is 1.97. The predicted octanol–water partition coefficient (Wildman–Crippen LogP) is 3.78. The van der Waals surface area contributed by atoms with E-state index in [0.29, 0.717) is 5.41 Å². The van der Waals surface area contributed by atoms with Gasteiger partial charge >= 0.3 is 0 Å². The van der Waals surface area contributed by atoms with Crippen LogP contribution in [0.4, 0.5) is 0 Å². The quantitative estimate of drug-likeness (QED) is 0.528. The highest BCUT2D eigenvalue weighted by Gasteiger charge is 2.41. The van der Waals surface area contributed by atoms with E-state index >= 15 is 0 Å². The van der Waals surface area contributed by atoms with Crippen molar-refractivity contribution in [1.29, 1.82) is 0 Å². The molecule has 1 fully saturated rings. The molecule has 0 aliphatic heterocycles. The molecule has 0 N–H and O–H groups in total. The van der Waals surface area contributed by atoms with Crippen LogP contribution in [0.25, 0.3) is 0 Å². The highest BCUT2D eigenvalue weighted by Crippen LogP contribution is 2.52. The fraction of sp³-hybridized carbons (Fsp3) is 0.818. The van der Waals surface area contributed by atoms with Gasteiger partial charge in [-0.3, -0.25) is 0 Å². The van der Waals surface area contributed by atoms with Crippen molar-refractivity contribution in [2.75, 3.05) is 0 Å². The molecule has 64 valence electrons. The first-order valence-electron chi connectivity index (χ1n) is 4.82. The molecule has 0 aromatic rings. The minimum atomic E-state index is 0.519. The molecule has 1 saturated carbocycles. The molecule has 0 bridgehead atoms. The van der Waals surface area contributed by atoms with Gasteiger partial charge in [-0.25, -0.2) is 0 Å². The Morgan fingerprint density at radius 3 is 2.45 bits per heavy atom. The number of hydrogen-bond donors (Lipinski definition) is 0. The van der Waals surface area contributed by atoms with Crippen LogP contribution in [-0.2, 0) is 0 Å². The van der Waals surface area contributed by atoms with Gasteiger partial charge in [-0.2, -0.15) is 0 Å². The summed E-state index contributed by atoms with van der Waals surface area (Å²) in [4.78, 5) is 0. The van der Waals surface area contributed by atoms with Gasteiger partial charge < -0.3 is 0 Å². The van der Waals surface area contributed by atoms with Crippen LogP contribution in [0.2, 0.25) is 0 Å². The van der Waals surface area contributed by atoms with Crippen molar-refractivity contribution in [1.82, 2.24) is 0 Å². The molecule has 1 atom stereocenters. The second kappa shape index (κ2) is 3.00. The first-order valence-corrected chi connectivity index (χ1v) is 4.82. The summed E-state index contributed by atoms with van der Waals surface area (Å²) in [6.45, 7) is 9.29. The van der Waals surface area contributed by atoms with Crippen molar-refractivity contribution in [3.8, 4) is 0 Å². The molecule has 0 amide bonds. The van der Waals surface area contributed by atoms with E-state index in [-0.39, 0.29) is 0 Å². The third-order valence-electron chi connectivity index (χ3n) is 3.26. The second-order valence-electron chi connectivity index (χ2n) is 4.17. The van der Waals surface area contributed by atoms with Gasteiger partial charge in [0.2, 0.25) is 0 Å². The standard InChI is InChI=1S/C11H20/c1-5-7-10-8-9(6-2)11(10,3)4/h7,9H,5-6,8H2,1-4H3/b10-7+. The van der Waals surface area contributed by atoms with Crippen LogP contribution in [0.3, 0.4) is 0 Å². The van der Waals surface area contributed by atoms with Crippen molar-refractivity contribution in [2.24, 2.45) is 11.3 Å². The molecule has 0 aromatic heterocycles. The Labute approximate surface area is 70.7 Å². The lowest BCUT2D eigenvalue weighted by Crippen LogP contribution is -2.37. The van der Waals surface area contributed by atoms with Gasteiger partial charge in [0.15, 0.2) is 0 Å². The molecule has 0 aromatic carbocycles. The average molecular weight is 152 g/mol. The van der Waals surface area contributed by atoms with E-state index in [1.807, 2.05) is 0 Å². The Bertz CT molecular complexity index is 163. The third-order valence-corrected chi connectivity index (χ3v) is 3.26. The molecule has 0 heteroatoms. The van der Waals surface area contributed by atoms with Crippen molar-refractivity contribution >= 4 is 0 Å². The number of rotatable bonds is 2. The zero-order chi connectivity index (χ0) is 8.48. The maximum atomic E-state index is 2.41. The van der Waals surface area contributed by atoms with Gasteiger partial charge in [-0.05, 0) is 24.2 Å². The maximum absolute atomic E-state index is 2.41. The minimum absolute atomic E-state index is 0.519. The molecule has 0 saturated heterocycles. The molecule has 0 heterocycles. The van der Waals surface area contributed by atoms with Crippen LogP contribution in [-0.4, -0.2) is 0 Å². The molecule has 0 radical (unpaired) electrons. The molecule has 1 aliphatic rings. The van der Waals surface area contributed by atoms with Crippen LogP contribution in [0, 0.1) is 11.3 Å². The van der Waals surface area contributed by atoms with Crippen molar-refractivity contribution in [3.63, 3.8) is 0 Å². The molecule has 11 heavy (non-hydrogen) atoms. The van der Waals surface area contributed by atoms with Crippen molar-refractivity contribution < 1.29 is 0 Å². The summed E-state index contributed by atoms with van der Waals surface area (Å²) in [7, 11) is 0. The smallest absolute Gasteiger partial charge is 0.0113 e. The number of hydrogen-bond acceptors (Lipinski definition) is 0. The Morgan fingerprint density at radius 1 is 1.45 bits per heavy atom. The summed E-state index contributed by atoms with van der Waals surface area (Å²) in [5, 5.41) is 0. The predicted molar refractivity (Wildman–Crippen MR) is 50.6 cm³/mol. The van der Waals surface area contributed by atoms with Crippen LogP contribution in [0.5, 0.6) is 0 Å². The van der Waals surface area contributed by atoms with Crippen molar-refractivity contribution in [3.05, 3.63) is 11.6 Å². The van der Waals surface area contributed by atoms with E-state index in [1.165, 1.54) is 19.3 Å². The van der Waals surface area contributed by atoms with Gasteiger partial charge in [0.05, 0.1) is 0 Å². The van der Waals surface area contributed by atoms with Crippen molar-refractivity contribution in [2.45, 2.75) is 47.0 Å². The van der Waals surface area contributed by atoms with E-state index < -0.39 is 0 Å². The van der Waals surface area contributed by atoms with Crippen LogP contribution >= 0.6 is 0 Å². The molecule has 1 aliphatic carbocycles. The molecule has 1 rings (SSSR count). The van der Waals surface area contributed by atoms with Gasteiger partial charge in [0, 0.05) is 0 Å². The van der Waals surface area contributed by atoms with Gasteiger partial charge in [0.25, 0.3) is 0 Å². The highest BCUT2D eigenvalue weighted by atomic mass is 14.5. The fourth-order valence-corrected chi connectivity index (χ4v) is 2.16. The normalized spacial score (nSPS) is 32.0. The zero-order valence-corrected chi connectivity index (χ0v) is 8.28. The molecule has 1 unspecified atom stereocenters. The van der Waals surface area contributed by atoms with Gasteiger partial charge in [0.1, 0.15) is 0 Å². The first-order chi connectivity index (χ1) is 5.12. The maximum Gasteiger partial charge on any atom is -0.0113 e. The summed E-state index contributed by atoms with van der Waals surface area (Å²) in [6, 6.07) is 0. The molecular formula is C11H20.